The third-order valence-corrected chi connectivity index (χ3v) is 2.36. The average Bonchev–Trinajstić information content (AvgIpc) is 2.19. The average molecular weight is 197 g/mol. The third-order valence-electron chi connectivity index (χ3n) is 1.66. The highest BCUT2D eigenvalue weighted by molar-refractivity contribution is 7.98. The predicted molar refractivity (Wildman–Crippen MR) is 58.1 cm³/mol. The molecule has 0 aliphatic carbocycles. The van der Waals surface area contributed by atoms with Crippen LogP contribution >= 0.6 is 11.8 Å². The molecule has 0 atom stereocenters. The molecule has 1 aromatic rings. The fraction of sp³-hybridized carbons (Fsp3) is 0.556. The number of aromatic nitrogens is 2. The molecule has 1 N–H and O–H groups in total. The lowest BCUT2D eigenvalue weighted by atomic mass is 10.3. The van der Waals surface area contributed by atoms with E-state index in [0.717, 1.165) is 12.2 Å². The van der Waals surface area contributed by atoms with Gasteiger partial charge in [-0.1, -0.05) is 0 Å². The first-order valence-electron chi connectivity index (χ1n) is 4.41. The van der Waals surface area contributed by atoms with Gasteiger partial charge < -0.3 is 5.32 Å². The molecule has 0 aliphatic rings. The summed E-state index contributed by atoms with van der Waals surface area (Å²) < 4.78 is 0. The molecule has 0 aliphatic heterocycles. The summed E-state index contributed by atoms with van der Waals surface area (Å²) >= 11 is 1.90. The third kappa shape index (κ3) is 4.72. The van der Waals surface area contributed by atoms with Crippen LogP contribution in [-0.4, -0.2) is 28.5 Å². The lowest BCUT2D eigenvalue weighted by Crippen LogP contribution is -2.02. The lowest BCUT2D eigenvalue weighted by molar-refractivity contribution is 0.842. The summed E-state index contributed by atoms with van der Waals surface area (Å²) in [6.07, 6.45) is 9.73. The maximum absolute atomic E-state index is 3.92. The molecule has 0 unspecified atom stereocenters. The van der Waals surface area contributed by atoms with Gasteiger partial charge in [-0.25, -0.2) is 9.97 Å². The zero-order valence-corrected chi connectivity index (χ0v) is 8.68. The number of rotatable bonds is 6. The summed E-state index contributed by atoms with van der Waals surface area (Å²) in [7, 11) is 0. The molecule has 0 saturated heterocycles. The van der Waals surface area contributed by atoms with E-state index >= 15 is 0 Å². The maximum atomic E-state index is 3.92. The highest BCUT2D eigenvalue weighted by atomic mass is 32.2. The molecule has 1 rings (SSSR count). The number of hydrogen-bond acceptors (Lipinski definition) is 4. The van der Waals surface area contributed by atoms with Crippen LogP contribution < -0.4 is 5.32 Å². The molecular formula is C9H15N3S. The highest BCUT2D eigenvalue weighted by Gasteiger charge is 1.90. The lowest BCUT2D eigenvalue weighted by Gasteiger charge is -2.03. The zero-order valence-electron chi connectivity index (χ0n) is 7.86. The van der Waals surface area contributed by atoms with Gasteiger partial charge in [-0.15, -0.1) is 0 Å². The van der Waals surface area contributed by atoms with E-state index in [0.29, 0.717) is 0 Å². The van der Waals surface area contributed by atoms with E-state index in [9.17, 15) is 0 Å². The summed E-state index contributed by atoms with van der Waals surface area (Å²) in [6.45, 7) is 1.01. The summed E-state index contributed by atoms with van der Waals surface area (Å²) in [4.78, 5) is 7.84. The Bertz CT molecular complexity index is 215. The van der Waals surface area contributed by atoms with Crippen LogP contribution in [0.3, 0.4) is 0 Å². The van der Waals surface area contributed by atoms with Gasteiger partial charge in [-0.2, -0.15) is 11.8 Å². The van der Waals surface area contributed by atoms with Crippen molar-refractivity contribution in [2.24, 2.45) is 0 Å². The summed E-state index contributed by atoms with van der Waals surface area (Å²) in [6, 6.07) is 0. The van der Waals surface area contributed by atoms with Crippen LogP contribution in [0.4, 0.5) is 5.69 Å². The summed E-state index contributed by atoms with van der Waals surface area (Å²) in [5.74, 6) is 1.24. The molecule has 0 saturated carbocycles. The van der Waals surface area contributed by atoms with E-state index in [-0.39, 0.29) is 0 Å². The second-order valence-electron chi connectivity index (χ2n) is 2.75. The van der Waals surface area contributed by atoms with Crippen LogP contribution in [0.15, 0.2) is 18.7 Å². The van der Waals surface area contributed by atoms with Gasteiger partial charge in [0.05, 0.1) is 18.1 Å². The standard InChI is InChI=1S/C9H15N3S/c1-13-5-3-2-4-12-9-6-10-8-11-7-9/h6-8,12H,2-5H2,1H3. The molecular weight excluding hydrogens is 182 g/mol. The number of nitrogens with one attached hydrogen (secondary N) is 1. The topological polar surface area (TPSA) is 37.8 Å². The van der Waals surface area contributed by atoms with Crippen molar-refractivity contribution in [2.75, 3.05) is 23.9 Å². The first-order chi connectivity index (χ1) is 6.43. The van der Waals surface area contributed by atoms with Crippen LogP contribution in [0, 0.1) is 0 Å². The van der Waals surface area contributed by atoms with Crippen LogP contribution in [0.1, 0.15) is 12.8 Å². The fourth-order valence-electron chi connectivity index (χ4n) is 0.995. The largest absolute Gasteiger partial charge is 0.383 e. The molecule has 0 fully saturated rings. The number of thioether (sulfide) groups is 1. The highest BCUT2D eigenvalue weighted by Crippen LogP contribution is 2.02. The molecule has 0 amide bonds. The van der Waals surface area contributed by atoms with Gasteiger partial charge in [0.15, 0.2) is 0 Å². The van der Waals surface area contributed by atoms with Crippen LogP contribution in [0.2, 0.25) is 0 Å². The van der Waals surface area contributed by atoms with Crippen molar-refractivity contribution in [1.29, 1.82) is 0 Å². The van der Waals surface area contributed by atoms with E-state index in [1.807, 2.05) is 11.8 Å². The first kappa shape index (κ1) is 10.3. The van der Waals surface area contributed by atoms with Gasteiger partial charge in [0.25, 0.3) is 0 Å². The van der Waals surface area contributed by atoms with E-state index in [2.05, 4.69) is 21.5 Å². The number of nitrogens with zero attached hydrogens (tertiary/aromatic N) is 2. The van der Waals surface area contributed by atoms with Crippen molar-refractivity contribution < 1.29 is 0 Å². The van der Waals surface area contributed by atoms with E-state index in [1.165, 1.54) is 18.6 Å². The first-order valence-corrected chi connectivity index (χ1v) is 5.80. The molecule has 72 valence electrons. The Morgan fingerprint density at radius 2 is 2.08 bits per heavy atom. The Morgan fingerprint density at radius 3 is 2.77 bits per heavy atom. The summed E-state index contributed by atoms with van der Waals surface area (Å²) in [5, 5.41) is 3.27. The number of anilines is 1. The van der Waals surface area contributed by atoms with Crippen molar-refractivity contribution in [2.45, 2.75) is 12.8 Å². The Hall–Kier alpha value is -0.770. The van der Waals surface area contributed by atoms with Crippen molar-refractivity contribution >= 4 is 17.4 Å². The molecule has 0 aromatic carbocycles. The van der Waals surface area contributed by atoms with Crippen molar-refractivity contribution in [3.63, 3.8) is 0 Å². The second-order valence-corrected chi connectivity index (χ2v) is 3.74. The van der Waals surface area contributed by atoms with Gasteiger partial charge in [0.1, 0.15) is 6.33 Å². The Morgan fingerprint density at radius 1 is 1.31 bits per heavy atom. The minimum absolute atomic E-state index is 1.01. The molecule has 0 bridgehead atoms. The number of unbranched alkanes of at least 4 members (excludes halogenated alkanes) is 1. The quantitative estimate of drug-likeness (QED) is 0.708. The van der Waals surface area contributed by atoms with Crippen molar-refractivity contribution in [3.8, 4) is 0 Å². The van der Waals surface area contributed by atoms with E-state index < -0.39 is 0 Å². The van der Waals surface area contributed by atoms with Gasteiger partial charge in [-0.05, 0) is 24.9 Å². The number of hydrogen-bond donors (Lipinski definition) is 1. The summed E-state index contributed by atoms with van der Waals surface area (Å²) in [5.41, 5.74) is 1.01. The Kier molecular flexibility index (Phi) is 5.33. The van der Waals surface area contributed by atoms with Gasteiger partial charge in [0, 0.05) is 6.54 Å². The van der Waals surface area contributed by atoms with E-state index in [4.69, 9.17) is 0 Å². The SMILES string of the molecule is CSCCCCNc1cncnc1. The van der Waals surface area contributed by atoms with Gasteiger partial charge in [0.2, 0.25) is 0 Å². The molecule has 4 heteroatoms. The molecule has 3 nitrogen and oxygen atoms in total. The zero-order chi connectivity index (χ0) is 9.36. The molecule has 0 radical (unpaired) electrons. The predicted octanol–water partition coefficient (Wildman–Crippen LogP) is 2.03. The molecule has 13 heavy (non-hydrogen) atoms. The van der Waals surface area contributed by atoms with Crippen LogP contribution in [-0.2, 0) is 0 Å². The Labute approximate surface area is 83.4 Å². The normalized spacial score (nSPS) is 9.92. The van der Waals surface area contributed by atoms with Gasteiger partial charge >= 0.3 is 0 Å². The van der Waals surface area contributed by atoms with Crippen LogP contribution in [0.5, 0.6) is 0 Å². The Balaban J connectivity index is 2.07. The smallest absolute Gasteiger partial charge is 0.115 e. The van der Waals surface area contributed by atoms with Gasteiger partial charge in [-0.3, -0.25) is 0 Å². The van der Waals surface area contributed by atoms with Crippen molar-refractivity contribution in [3.05, 3.63) is 18.7 Å². The molecule has 1 heterocycles. The molecule has 1 aromatic heterocycles. The second kappa shape index (κ2) is 6.71. The monoisotopic (exact) mass is 197 g/mol. The minimum Gasteiger partial charge on any atom is -0.383 e. The fourth-order valence-corrected chi connectivity index (χ4v) is 1.49. The van der Waals surface area contributed by atoms with E-state index in [1.54, 1.807) is 18.7 Å². The molecule has 0 spiro atoms. The van der Waals surface area contributed by atoms with Crippen molar-refractivity contribution in [1.82, 2.24) is 9.97 Å². The van der Waals surface area contributed by atoms with Crippen LogP contribution in [0.25, 0.3) is 0 Å². The maximum Gasteiger partial charge on any atom is 0.115 e. The minimum atomic E-state index is 1.01.